The SMILES string of the molecule is C=C1C(=O)O[C@@H]2C[C@H](C)C(CCC(C)=O)=CC[C@H]12. The van der Waals surface area contributed by atoms with Crippen LogP contribution in [-0.4, -0.2) is 17.9 Å². The highest BCUT2D eigenvalue weighted by Crippen LogP contribution is 2.39. The Labute approximate surface area is 108 Å². The van der Waals surface area contributed by atoms with Crippen molar-refractivity contribution in [2.45, 2.75) is 45.6 Å². The Kier molecular flexibility index (Phi) is 3.69. The minimum atomic E-state index is -0.238. The minimum Gasteiger partial charge on any atom is -0.458 e. The van der Waals surface area contributed by atoms with E-state index in [9.17, 15) is 9.59 Å². The van der Waals surface area contributed by atoms with Crippen LogP contribution in [0.3, 0.4) is 0 Å². The van der Waals surface area contributed by atoms with Crippen molar-refractivity contribution in [2.24, 2.45) is 11.8 Å². The normalized spacial score (nSPS) is 31.4. The van der Waals surface area contributed by atoms with Crippen LogP contribution in [0.15, 0.2) is 23.8 Å². The van der Waals surface area contributed by atoms with Crippen molar-refractivity contribution in [1.29, 1.82) is 0 Å². The maximum Gasteiger partial charge on any atom is 0.334 e. The number of hydrogen-bond donors (Lipinski definition) is 0. The van der Waals surface area contributed by atoms with Crippen molar-refractivity contribution < 1.29 is 14.3 Å². The fraction of sp³-hybridized carbons (Fsp3) is 0.600. The van der Waals surface area contributed by atoms with Gasteiger partial charge in [-0.2, -0.15) is 0 Å². The van der Waals surface area contributed by atoms with Crippen molar-refractivity contribution in [3.63, 3.8) is 0 Å². The summed E-state index contributed by atoms with van der Waals surface area (Å²) in [5.41, 5.74) is 1.93. The van der Waals surface area contributed by atoms with E-state index in [0.717, 1.165) is 19.3 Å². The van der Waals surface area contributed by atoms with Crippen molar-refractivity contribution >= 4 is 11.8 Å². The molecule has 0 aromatic rings. The van der Waals surface area contributed by atoms with Crippen LogP contribution in [0.1, 0.15) is 39.5 Å². The van der Waals surface area contributed by atoms with Gasteiger partial charge in [0.2, 0.25) is 0 Å². The summed E-state index contributed by atoms with van der Waals surface area (Å²) in [4.78, 5) is 22.5. The van der Waals surface area contributed by atoms with Crippen molar-refractivity contribution in [1.82, 2.24) is 0 Å². The number of carbonyl (C=O) groups is 2. The minimum absolute atomic E-state index is 0.0221. The van der Waals surface area contributed by atoms with E-state index in [4.69, 9.17) is 4.74 Å². The van der Waals surface area contributed by atoms with E-state index in [2.05, 4.69) is 19.6 Å². The predicted molar refractivity (Wildman–Crippen MR) is 68.9 cm³/mol. The number of hydrogen-bond acceptors (Lipinski definition) is 3. The van der Waals surface area contributed by atoms with Gasteiger partial charge in [-0.3, -0.25) is 0 Å². The lowest BCUT2D eigenvalue weighted by atomic mass is 9.90. The molecular weight excluding hydrogens is 228 g/mol. The summed E-state index contributed by atoms with van der Waals surface area (Å²) in [6.07, 6.45) is 5.26. The zero-order valence-corrected chi connectivity index (χ0v) is 11.1. The third-order valence-electron chi connectivity index (χ3n) is 4.04. The van der Waals surface area contributed by atoms with Crippen molar-refractivity contribution in [3.8, 4) is 0 Å². The van der Waals surface area contributed by atoms with Crippen LogP contribution in [0.25, 0.3) is 0 Å². The molecule has 0 N–H and O–H groups in total. The van der Waals surface area contributed by atoms with Gasteiger partial charge in [0.1, 0.15) is 11.9 Å². The summed E-state index contributed by atoms with van der Waals surface area (Å²) in [7, 11) is 0. The second-order valence-corrected chi connectivity index (χ2v) is 5.43. The molecule has 0 aromatic heterocycles. The van der Waals surface area contributed by atoms with Crippen molar-refractivity contribution in [3.05, 3.63) is 23.8 Å². The average Bonchev–Trinajstić information content (AvgIpc) is 2.46. The van der Waals surface area contributed by atoms with Gasteiger partial charge in [0.05, 0.1) is 0 Å². The summed E-state index contributed by atoms with van der Waals surface area (Å²) in [5.74, 6) is 0.494. The largest absolute Gasteiger partial charge is 0.458 e. The van der Waals surface area contributed by atoms with Gasteiger partial charge < -0.3 is 9.53 Å². The van der Waals surface area contributed by atoms with Gasteiger partial charge in [-0.15, -0.1) is 0 Å². The number of Topliss-reactive ketones (excluding diaryl/α,β-unsaturated/α-hetero) is 1. The molecule has 1 fully saturated rings. The Morgan fingerprint density at radius 3 is 2.94 bits per heavy atom. The van der Waals surface area contributed by atoms with E-state index < -0.39 is 0 Å². The van der Waals surface area contributed by atoms with Gasteiger partial charge in [0.15, 0.2) is 0 Å². The van der Waals surface area contributed by atoms with Crippen molar-refractivity contribution in [2.75, 3.05) is 0 Å². The lowest BCUT2D eigenvalue weighted by Gasteiger charge is -2.18. The van der Waals surface area contributed by atoms with E-state index >= 15 is 0 Å². The first-order valence-corrected chi connectivity index (χ1v) is 6.57. The first-order chi connectivity index (χ1) is 8.49. The first kappa shape index (κ1) is 13.1. The molecule has 0 bridgehead atoms. The fourth-order valence-electron chi connectivity index (χ4n) is 2.83. The molecule has 0 radical (unpaired) electrons. The number of rotatable bonds is 3. The molecule has 0 amide bonds. The monoisotopic (exact) mass is 248 g/mol. The Hall–Kier alpha value is -1.38. The Morgan fingerprint density at radius 2 is 2.28 bits per heavy atom. The highest BCUT2D eigenvalue weighted by molar-refractivity contribution is 5.90. The molecule has 2 aliphatic rings. The molecule has 0 unspecified atom stereocenters. The molecule has 18 heavy (non-hydrogen) atoms. The van der Waals surface area contributed by atoms with Gasteiger partial charge in [0, 0.05) is 17.9 Å². The summed E-state index contributed by atoms with van der Waals surface area (Å²) in [5, 5.41) is 0. The Balaban J connectivity index is 2.08. The summed E-state index contributed by atoms with van der Waals surface area (Å²) in [6, 6.07) is 0. The quantitative estimate of drug-likeness (QED) is 0.438. The molecule has 2 rings (SSSR count). The summed E-state index contributed by atoms with van der Waals surface area (Å²) in [6.45, 7) is 7.60. The smallest absolute Gasteiger partial charge is 0.334 e. The highest BCUT2D eigenvalue weighted by Gasteiger charge is 2.40. The maximum absolute atomic E-state index is 11.5. The van der Waals surface area contributed by atoms with Gasteiger partial charge >= 0.3 is 5.97 Å². The van der Waals surface area contributed by atoms with Gasteiger partial charge in [-0.05, 0) is 32.1 Å². The first-order valence-electron chi connectivity index (χ1n) is 6.57. The Morgan fingerprint density at radius 1 is 1.56 bits per heavy atom. The van der Waals surface area contributed by atoms with E-state index in [0.29, 0.717) is 17.9 Å². The molecule has 3 atom stereocenters. The van der Waals surface area contributed by atoms with Crippen LogP contribution in [0.2, 0.25) is 0 Å². The molecule has 1 aliphatic carbocycles. The summed E-state index contributed by atoms with van der Waals surface area (Å²) >= 11 is 0. The molecule has 3 heteroatoms. The maximum atomic E-state index is 11.5. The van der Waals surface area contributed by atoms with E-state index in [-0.39, 0.29) is 23.8 Å². The Bertz CT molecular complexity index is 419. The molecule has 0 saturated carbocycles. The molecule has 1 aliphatic heterocycles. The number of allylic oxidation sites excluding steroid dienone is 2. The van der Waals surface area contributed by atoms with Crippen LogP contribution < -0.4 is 0 Å². The number of ketones is 1. The topological polar surface area (TPSA) is 43.4 Å². The molecule has 0 spiro atoms. The van der Waals surface area contributed by atoms with Gasteiger partial charge in [-0.25, -0.2) is 4.79 Å². The average molecular weight is 248 g/mol. The van der Waals surface area contributed by atoms with E-state index in [1.165, 1.54) is 5.57 Å². The van der Waals surface area contributed by atoms with Gasteiger partial charge in [-0.1, -0.05) is 25.2 Å². The zero-order chi connectivity index (χ0) is 13.3. The second-order valence-electron chi connectivity index (χ2n) is 5.43. The number of esters is 1. The lowest BCUT2D eigenvalue weighted by Crippen LogP contribution is -2.17. The van der Waals surface area contributed by atoms with Gasteiger partial charge in [0.25, 0.3) is 0 Å². The molecule has 0 aromatic carbocycles. The van der Waals surface area contributed by atoms with Crippen LogP contribution in [0, 0.1) is 11.8 Å². The molecule has 1 heterocycles. The zero-order valence-electron chi connectivity index (χ0n) is 11.1. The molecule has 1 saturated heterocycles. The van der Waals surface area contributed by atoms with E-state index in [1.54, 1.807) is 6.92 Å². The van der Waals surface area contributed by atoms with Crippen LogP contribution in [0.5, 0.6) is 0 Å². The summed E-state index contributed by atoms with van der Waals surface area (Å²) < 4.78 is 5.36. The third-order valence-corrected chi connectivity index (χ3v) is 4.04. The number of ether oxygens (including phenoxy) is 1. The second kappa shape index (κ2) is 5.09. The molecule has 98 valence electrons. The van der Waals surface area contributed by atoms with Crippen LogP contribution >= 0.6 is 0 Å². The van der Waals surface area contributed by atoms with Crippen LogP contribution in [0.4, 0.5) is 0 Å². The number of carbonyl (C=O) groups excluding carboxylic acids is 2. The standard InChI is InChI=1S/C15H20O3/c1-9-8-14-13(11(3)15(17)18-14)7-6-12(9)5-4-10(2)16/h6,9,13-14H,3-5,7-8H2,1-2H3/t9-,13+,14+/m0/s1. The lowest BCUT2D eigenvalue weighted by molar-refractivity contribution is -0.139. The van der Waals surface area contributed by atoms with Crippen LogP contribution in [-0.2, 0) is 14.3 Å². The predicted octanol–water partition coefficient (Wildman–Crippen LogP) is 2.81. The highest BCUT2D eigenvalue weighted by atomic mass is 16.6. The fourth-order valence-corrected chi connectivity index (χ4v) is 2.83. The third kappa shape index (κ3) is 2.55. The number of fused-ring (bicyclic) bond motifs is 1. The molecule has 3 nitrogen and oxygen atoms in total. The molecular formula is C15H20O3. The van der Waals surface area contributed by atoms with E-state index in [1.807, 2.05) is 0 Å².